The summed E-state index contributed by atoms with van der Waals surface area (Å²) >= 11 is 1.01. The molecule has 6 heteroatoms. The van der Waals surface area contributed by atoms with Crippen LogP contribution in [0.4, 0.5) is 9.59 Å². The van der Waals surface area contributed by atoms with Crippen molar-refractivity contribution in [2.75, 3.05) is 26.0 Å². The molecule has 25 heavy (non-hydrogen) atoms. The van der Waals surface area contributed by atoms with Crippen LogP contribution < -0.4 is 5.32 Å². The molecule has 1 aliphatic rings. The highest BCUT2D eigenvalue weighted by Crippen LogP contribution is 2.44. The van der Waals surface area contributed by atoms with Gasteiger partial charge in [-0.3, -0.25) is 0 Å². The number of alkyl carbamates (subject to hydrolysis) is 1. The van der Waals surface area contributed by atoms with Crippen LogP contribution in [-0.2, 0) is 9.47 Å². The fraction of sp³-hybridized carbons (Fsp3) is 0.263. The first-order valence-electron chi connectivity index (χ1n) is 8.00. The fourth-order valence-electron chi connectivity index (χ4n) is 3.00. The molecule has 0 atom stereocenters. The van der Waals surface area contributed by atoms with Crippen LogP contribution in [-0.4, -0.2) is 37.4 Å². The normalized spacial score (nSPS) is 12.2. The summed E-state index contributed by atoms with van der Waals surface area (Å²) in [7, 11) is 1.33. The van der Waals surface area contributed by atoms with Crippen LogP contribution >= 0.6 is 11.8 Å². The highest BCUT2D eigenvalue weighted by Gasteiger charge is 2.28. The molecule has 0 unspecified atom stereocenters. The topological polar surface area (TPSA) is 64.6 Å². The van der Waals surface area contributed by atoms with Crippen molar-refractivity contribution in [3.05, 3.63) is 59.7 Å². The predicted molar refractivity (Wildman–Crippen MR) is 97.9 cm³/mol. The minimum Gasteiger partial charge on any atom is -0.461 e. The van der Waals surface area contributed by atoms with Crippen molar-refractivity contribution < 1.29 is 19.1 Å². The maximum Gasteiger partial charge on any atom is 0.407 e. The third kappa shape index (κ3) is 3.96. The Kier molecular flexibility index (Phi) is 5.60. The van der Waals surface area contributed by atoms with Gasteiger partial charge in [0, 0.05) is 18.2 Å². The van der Waals surface area contributed by atoms with E-state index in [2.05, 4.69) is 34.3 Å². The van der Waals surface area contributed by atoms with Crippen molar-refractivity contribution in [3.8, 4) is 11.1 Å². The van der Waals surface area contributed by atoms with E-state index in [9.17, 15) is 9.59 Å². The second kappa shape index (κ2) is 8.07. The molecular weight excluding hydrogens is 338 g/mol. The van der Waals surface area contributed by atoms with Gasteiger partial charge >= 0.3 is 11.4 Å². The van der Waals surface area contributed by atoms with E-state index < -0.39 is 6.09 Å². The van der Waals surface area contributed by atoms with Crippen LogP contribution in [0.25, 0.3) is 11.1 Å². The number of rotatable bonds is 5. The fourth-order valence-corrected chi connectivity index (χ4v) is 3.48. The Morgan fingerprint density at radius 2 is 1.64 bits per heavy atom. The molecule has 0 aliphatic heterocycles. The van der Waals surface area contributed by atoms with E-state index >= 15 is 0 Å². The van der Waals surface area contributed by atoms with Gasteiger partial charge in [0.2, 0.25) is 0 Å². The van der Waals surface area contributed by atoms with Gasteiger partial charge in [-0.25, -0.2) is 9.59 Å². The molecular formula is C19H19NO4S. The van der Waals surface area contributed by atoms with Crippen molar-refractivity contribution in [2.24, 2.45) is 0 Å². The first-order valence-corrected chi connectivity index (χ1v) is 8.99. The maximum absolute atomic E-state index is 11.9. The van der Waals surface area contributed by atoms with E-state index in [0.717, 1.165) is 11.8 Å². The van der Waals surface area contributed by atoms with Gasteiger partial charge in [0.05, 0.1) is 7.11 Å². The number of carbonyl (C=O) groups is 2. The van der Waals surface area contributed by atoms with E-state index in [0.29, 0.717) is 12.3 Å². The smallest absolute Gasteiger partial charge is 0.407 e. The SMILES string of the molecule is COC(=O)SCCNC(=O)OCC1c2ccccc2-c2ccccc21. The lowest BCUT2D eigenvalue weighted by atomic mass is 9.98. The van der Waals surface area contributed by atoms with Gasteiger partial charge in [0.25, 0.3) is 0 Å². The second-order valence-electron chi connectivity index (χ2n) is 5.55. The van der Waals surface area contributed by atoms with Crippen LogP contribution in [0, 0.1) is 0 Å². The second-order valence-corrected chi connectivity index (χ2v) is 6.59. The van der Waals surface area contributed by atoms with Crippen molar-refractivity contribution in [1.82, 2.24) is 5.32 Å². The third-order valence-electron chi connectivity index (χ3n) is 4.10. The average molecular weight is 357 g/mol. The average Bonchev–Trinajstić information content (AvgIpc) is 2.97. The zero-order valence-electron chi connectivity index (χ0n) is 13.9. The first-order chi connectivity index (χ1) is 12.2. The maximum atomic E-state index is 11.9. The Labute approximate surface area is 150 Å². The van der Waals surface area contributed by atoms with Gasteiger partial charge in [0.15, 0.2) is 0 Å². The highest BCUT2D eigenvalue weighted by atomic mass is 32.2. The van der Waals surface area contributed by atoms with Gasteiger partial charge in [-0.2, -0.15) is 0 Å². The van der Waals surface area contributed by atoms with E-state index in [1.807, 2.05) is 24.3 Å². The third-order valence-corrected chi connectivity index (χ3v) is 4.91. The molecule has 130 valence electrons. The molecule has 2 aromatic rings. The Balaban J connectivity index is 1.56. The molecule has 0 saturated heterocycles. The number of carbonyl (C=O) groups excluding carboxylic acids is 2. The molecule has 2 aromatic carbocycles. The monoisotopic (exact) mass is 357 g/mol. The Bertz CT molecular complexity index is 732. The summed E-state index contributed by atoms with van der Waals surface area (Å²) in [6.45, 7) is 0.625. The number of fused-ring (bicyclic) bond motifs is 3. The molecule has 0 saturated carbocycles. The van der Waals surface area contributed by atoms with Crippen LogP contribution in [0.15, 0.2) is 48.5 Å². The predicted octanol–water partition coefficient (Wildman–Crippen LogP) is 4.02. The van der Waals surface area contributed by atoms with Crippen molar-refractivity contribution in [2.45, 2.75) is 5.92 Å². The molecule has 0 bridgehead atoms. The lowest BCUT2D eigenvalue weighted by Gasteiger charge is -2.14. The van der Waals surface area contributed by atoms with Gasteiger partial charge < -0.3 is 14.8 Å². The standard InChI is InChI=1S/C19H19NO4S/c1-23-19(22)25-11-10-20-18(21)24-12-17-15-8-4-2-6-13(15)14-7-3-5-9-16(14)17/h2-9,17H,10-12H2,1H3,(H,20,21). The van der Waals surface area contributed by atoms with Crippen LogP contribution in [0.3, 0.4) is 0 Å². The number of ether oxygens (including phenoxy) is 2. The van der Waals surface area contributed by atoms with E-state index in [4.69, 9.17) is 4.74 Å². The largest absolute Gasteiger partial charge is 0.461 e. The molecule has 1 N–H and O–H groups in total. The zero-order valence-corrected chi connectivity index (χ0v) is 14.7. The number of amides is 1. The molecule has 0 heterocycles. The summed E-state index contributed by atoms with van der Waals surface area (Å²) in [5.41, 5.74) is 4.75. The summed E-state index contributed by atoms with van der Waals surface area (Å²) in [5.74, 6) is 0.485. The van der Waals surface area contributed by atoms with Gasteiger partial charge in [0.1, 0.15) is 6.61 Å². The molecule has 1 amide bonds. The minimum atomic E-state index is -0.479. The van der Waals surface area contributed by atoms with E-state index in [-0.39, 0.29) is 17.8 Å². The highest BCUT2D eigenvalue weighted by molar-refractivity contribution is 8.13. The first kappa shape index (κ1) is 17.4. The van der Waals surface area contributed by atoms with Crippen LogP contribution in [0.5, 0.6) is 0 Å². The van der Waals surface area contributed by atoms with E-state index in [1.54, 1.807) is 0 Å². The molecule has 0 fully saturated rings. The molecule has 1 aliphatic carbocycles. The molecule has 0 aromatic heterocycles. The summed E-state index contributed by atoms with van der Waals surface area (Å²) in [4.78, 5) is 22.9. The van der Waals surface area contributed by atoms with Gasteiger partial charge in [-0.05, 0) is 34.0 Å². The number of methoxy groups -OCH3 is 1. The van der Waals surface area contributed by atoms with Crippen molar-refractivity contribution >= 4 is 23.2 Å². The molecule has 0 spiro atoms. The minimum absolute atomic E-state index is 0.0441. The van der Waals surface area contributed by atoms with Crippen molar-refractivity contribution in [1.29, 1.82) is 0 Å². The number of hydrogen-bond acceptors (Lipinski definition) is 5. The van der Waals surface area contributed by atoms with Crippen LogP contribution in [0.2, 0.25) is 0 Å². The number of hydrogen-bond donors (Lipinski definition) is 1. The Morgan fingerprint density at radius 3 is 2.24 bits per heavy atom. The van der Waals surface area contributed by atoms with Crippen molar-refractivity contribution in [3.63, 3.8) is 0 Å². The molecule has 5 nitrogen and oxygen atoms in total. The Hall–Kier alpha value is -2.47. The number of benzene rings is 2. The van der Waals surface area contributed by atoms with Gasteiger partial charge in [-0.1, -0.05) is 48.5 Å². The van der Waals surface area contributed by atoms with E-state index in [1.165, 1.54) is 29.4 Å². The van der Waals surface area contributed by atoms with Crippen LogP contribution in [0.1, 0.15) is 17.0 Å². The summed E-state index contributed by atoms with van der Waals surface area (Å²) in [5, 5.41) is 2.28. The summed E-state index contributed by atoms with van der Waals surface area (Å²) in [6, 6.07) is 16.4. The molecule has 3 rings (SSSR count). The molecule has 0 radical (unpaired) electrons. The lowest BCUT2D eigenvalue weighted by Crippen LogP contribution is -2.28. The summed E-state index contributed by atoms with van der Waals surface area (Å²) < 4.78 is 9.92. The Morgan fingerprint density at radius 1 is 1.04 bits per heavy atom. The summed E-state index contributed by atoms with van der Waals surface area (Å²) in [6.07, 6.45) is -0.479. The van der Waals surface area contributed by atoms with Gasteiger partial charge in [-0.15, -0.1) is 0 Å². The number of nitrogens with one attached hydrogen (secondary N) is 1. The quantitative estimate of drug-likeness (QED) is 0.647. The lowest BCUT2D eigenvalue weighted by molar-refractivity contribution is 0.143. The zero-order chi connectivity index (χ0) is 17.6. The number of thioether (sulfide) groups is 1.